The number of furan rings is 1. The standard InChI is InChI=1S/C42H26O/c1-2-15-31-27(11-1)12-10-21-33(31)42-36-19-5-3-17-34(36)41(35-18-4-6-20-37(35)42)30-14-9-13-28(25-30)29-23-24-40-38(26-29)32-16-7-8-22-39(32)43-40/h1-26H/i7D,8D,9D,13D,14D,16D,22D,23D,24D,25D,26D. The molecule has 0 atom stereocenters. The summed E-state index contributed by atoms with van der Waals surface area (Å²) in [6, 6.07) is 23.9. The molecule has 0 spiro atoms. The molecule has 0 aliphatic rings. The number of rotatable bonds is 3. The maximum Gasteiger partial charge on any atom is 0.135 e. The van der Waals surface area contributed by atoms with Crippen molar-refractivity contribution < 1.29 is 19.5 Å². The molecule has 1 aromatic heterocycles. The van der Waals surface area contributed by atoms with Crippen LogP contribution in [0.4, 0.5) is 0 Å². The minimum Gasteiger partial charge on any atom is -0.456 e. The highest BCUT2D eigenvalue weighted by Crippen LogP contribution is 2.45. The minimum absolute atomic E-state index is 0.0206. The van der Waals surface area contributed by atoms with Crippen molar-refractivity contribution in [2.75, 3.05) is 0 Å². The molecule has 0 fully saturated rings. The number of hydrogen-bond donors (Lipinski definition) is 0. The van der Waals surface area contributed by atoms with Crippen molar-refractivity contribution in [3.8, 4) is 33.4 Å². The van der Waals surface area contributed by atoms with Gasteiger partial charge in [0.15, 0.2) is 0 Å². The van der Waals surface area contributed by atoms with Gasteiger partial charge >= 0.3 is 0 Å². The highest BCUT2D eigenvalue weighted by Gasteiger charge is 2.18. The van der Waals surface area contributed by atoms with Gasteiger partial charge in [0.25, 0.3) is 0 Å². The quantitative estimate of drug-likeness (QED) is 0.197. The Hall–Kier alpha value is -5.66. The van der Waals surface area contributed by atoms with Crippen LogP contribution in [0, 0.1) is 0 Å². The average molecular weight is 558 g/mol. The second kappa shape index (κ2) is 9.44. The van der Waals surface area contributed by atoms with Gasteiger partial charge < -0.3 is 4.42 Å². The Bertz CT molecular complexity index is 3070. The maximum atomic E-state index is 9.72. The first-order chi connectivity index (χ1) is 25.9. The fraction of sp³-hybridized carbons (Fsp3) is 0. The van der Waals surface area contributed by atoms with Crippen molar-refractivity contribution in [3.05, 3.63) is 157 Å². The van der Waals surface area contributed by atoms with E-state index in [1.807, 2.05) is 66.7 Å². The molecule has 0 bridgehead atoms. The van der Waals surface area contributed by atoms with E-state index in [2.05, 4.69) is 24.3 Å². The number of para-hydroxylation sites is 1. The lowest BCUT2D eigenvalue weighted by Gasteiger charge is -2.19. The zero-order valence-electron chi connectivity index (χ0n) is 33.6. The smallest absolute Gasteiger partial charge is 0.135 e. The van der Waals surface area contributed by atoms with Gasteiger partial charge in [0, 0.05) is 10.8 Å². The van der Waals surface area contributed by atoms with Crippen LogP contribution in [-0.2, 0) is 0 Å². The van der Waals surface area contributed by atoms with Gasteiger partial charge in [-0.1, -0.05) is 133 Å². The van der Waals surface area contributed by atoms with Crippen LogP contribution in [0.3, 0.4) is 0 Å². The van der Waals surface area contributed by atoms with Crippen LogP contribution in [0.5, 0.6) is 0 Å². The minimum atomic E-state index is -0.579. The molecule has 43 heavy (non-hydrogen) atoms. The van der Waals surface area contributed by atoms with Crippen LogP contribution in [0.25, 0.3) is 87.6 Å². The Morgan fingerprint density at radius 3 is 1.79 bits per heavy atom. The summed E-state index contributed by atoms with van der Waals surface area (Å²) in [4.78, 5) is 0. The summed E-state index contributed by atoms with van der Waals surface area (Å²) < 4.78 is 104. The van der Waals surface area contributed by atoms with E-state index in [0.29, 0.717) is 16.3 Å². The molecule has 0 aliphatic carbocycles. The highest BCUT2D eigenvalue weighted by molar-refractivity contribution is 6.23. The van der Waals surface area contributed by atoms with Gasteiger partial charge in [-0.05, 0) is 89.9 Å². The maximum absolute atomic E-state index is 9.72. The lowest BCUT2D eigenvalue weighted by atomic mass is 9.84. The van der Waals surface area contributed by atoms with Crippen LogP contribution < -0.4 is 0 Å². The third kappa shape index (κ3) is 3.72. The largest absolute Gasteiger partial charge is 0.456 e. The van der Waals surface area contributed by atoms with E-state index in [-0.39, 0.29) is 50.7 Å². The summed E-state index contributed by atoms with van der Waals surface area (Å²) in [5.41, 5.74) is 1.22. The topological polar surface area (TPSA) is 13.1 Å². The molecule has 0 N–H and O–H groups in total. The first kappa shape index (κ1) is 15.5. The zero-order chi connectivity index (χ0) is 37.9. The molecular weight excluding hydrogens is 520 g/mol. The summed E-state index contributed by atoms with van der Waals surface area (Å²) in [5, 5.41) is 4.84. The van der Waals surface area contributed by atoms with Gasteiger partial charge in [-0.15, -0.1) is 0 Å². The summed E-state index contributed by atoms with van der Waals surface area (Å²) in [6.45, 7) is 0. The molecule has 0 amide bonds. The molecule has 0 unspecified atom stereocenters. The van der Waals surface area contributed by atoms with Crippen LogP contribution in [-0.4, -0.2) is 0 Å². The Labute approximate surface area is 264 Å². The van der Waals surface area contributed by atoms with E-state index in [1.54, 1.807) is 0 Å². The van der Waals surface area contributed by atoms with Crippen LogP contribution in [0.2, 0.25) is 0 Å². The lowest BCUT2D eigenvalue weighted by Crippen LogP contribution is -1.92. The van der Waals surface area contributed by atoms with Crippen LogP contribution >= 0.6 is 0 Å². The Kier molecular flexibility index (Phi) is 3.41. The predicted octanol–water partition coefficient (Wildman–Crippen LogP) is 12.0. The van der Waals surface area contributed by atoms with Gasteiger partial charge in [-0.2, -0.15) is 0 Å². The summed E-state index contributed by atoms with van der Waals surface area (Å²) in [5.74, 6) is 0. The van der Waals surface area contributed by atoms with Crippen molar-refractivity contribution in [2.45, 2.75) is 0 Å². The molecule has 0 radical (unpaired) electrons. The predicted molar refractivity (Wildman–Crippen MR) is 183 cm³/mol. The highest BCUT2D eigenvalue weighted by atomic mass is 16.3. The van der Waals surface area contributed by atoms with E-state index < -0.39 is 54.4 Å². The third-order valence-electron chi connectivity index (χ3n) is 8.00. The molecule has 1 heterocycles. The summed E-state index contributed by atoms with van der Waals surface area (Å²) in [6.07, 6.45) is 0. The Morgan fingerprint density at radius 2 is 1.00 bits per heavy atom. The summed E-state index contributed by atoms with van der Waals surface area (Å²) in [7, 11) is 0. The van der Waals surface area contributed by atoms with Crippen molar-refractivity contribution in [1.82, 2.24) is 0 Å². The van der Waals surface area contributed by atoms with E-state index in [4.69, 9.17) is 15.4 Å². The molecular formula is C42H26O. The molecule has 8 aromatic carbocycles. The van der Waals surface area contributed by atoms with E-state index in [0.717, 1.165) is 32.7 Å². The van der Waals surface area contributed by atoms with Gasteiger partial charge in [-0.25, -0.2) is 0 Å². The molecule has 0 saturated heterocycles. The average Bonchev–Trinajstić information content (AvgIpc) is 3.60. The molecule has 1 heteroatoms. The zero-order valence-corrected chi connectivity index (χ0v) is 22.6. The molecule has 9 rings (SSSR count). The fourth-order valence-corrected chi connectivity index (χ4v) is 6.15. The fourth-order valence-electron chi connectivity index (χ4n) is 6.15. The Morgan fingerprint density at radius 1 is 0.395 bits per heavy atom. The van der Waals surface area contributed by atoms with Gasteiger partial charge in [-0.3, -0.25) is 0 Å². The monoisotopic (exact) mass is 557 g/mol. The SMILES string of the molecule is [2H]c1c([2H])c(-c2c([2H])c([2H])c3oc4c([2H])c([2H])c([2H])c([2H])c4c3c2[2H])c([2H])c(-c2c3ccccc3c(-c3cccc4ccccc34)c3ccccc23)c1[2H]. The molecule has 200 valence electrons. The van der Waals surface area contributed by atoms with Crippen LogP contribution in [0.15, 0.2) is 162 Å². The van der Waals surface area contributed by atoms with E-state index in [9.17, 15) is 4.11 Å². The van der Waals surface area contributed by atoms with Gasteiger partial charge in [0.1, 0.15) is 11.2 Å². The number of benzene rings is 8. The van der Waals surface area contributed by atoms with Crippen molar-refractivity contribution in [2.24, 2.45) is 0 Å². The summed E-state index contributed by atoms with van der Waals surface area (Å²) >= 11 is 0. The number of hydrogen-bond acceptors (Lipinski definition) is 1. The van der Waals surface area contributed by atoms with Crippen LogP contribution in [0.1, 0.15) is 15.1 Å². The molecule has 1 nitrogen and oxygen atoms in total. The van der Waals surface area contributed by atoms with Gasteiger partial charge in [0.05, 0.1) is 15.1 Å². The van der Waals surface area contributed by atoms with E-state index in [1.165, 1.54) is 0 Å². The second-order valence-corrected chi connectivity index (χ2v) is 10.4. The lowest BCUT2D eigenvalue weighted by molar-refractivity contribution is 0.669. The second-order valence-electron chi connectivity index (χ2n) is 10.4. The van der Waals surface area contributed by atoms with Crippen molar-refractivity contribution in [3.63, 3.8) is 0 Å². The van der Waals surface area contributed by atoms with Gasteiger partial charge in [0.2, 0.25) is 0 Å². The number of fused-ring (bicyclic) bond motifs is 6. The third-order valence-corrected chi connectivity index (χ3v) is 8.00. The first-order valence-electron chi connectivity index (χ1n) is 19.4. The first-order valence-corrected chi connectivity index (χ1v) is 13.9. The Balaban J connectivity index is 1.43. The van der Waals surface area contributed by atoms with Crippen molar-refractivity contribution >= 4 is 54.3 Å². The molecule has 0 saturated carbocycles. The molecule has 9 aromatic rings. The normalized spacial score (nSPS) is 15.3. The van der Waals surface area contributed by atoms with E-state index >= 15 is 0 Å². The van der Waals surface area contributed by atoms with Crippen molar-refractivity contribution in [1.29, 1.82) is 0 Å². The molecule has 0 aliphatic heterocycles.